The number of fused-ring (bicyclic) bond motifs is 2. The Morgan fingerprint density at radius 1 is 0.967 bits per heavy atom. The van der Waals surface area contributed by atoms with Gasteiger partial charge in [0.2, 0.25) is 0 Å². The first-order chi connectivity index (χ1) is 14.3. The summed E-state index contributed by atoms with van der Waals surface area (Å²) in [7, 11) is 1.64. The lowest BCUT2D eigenvalue weighted by atomic mass is 9.88. The predicted molar refractivity (Wildman–Crippen MR) is 123 cm³/mol. The normalized spacial score (nSPS) is 12.8. The van der Waals surface area contributed by atoms with E-state index in [1.807, 2.05) is 60.7 Å². The highest BCUT2D eigenvalue weighted by molar-refractivity contribution is 5.88. The first kappa shape index (κ1) is 20.0. The molecule has 1 atom stereocenters. The Balaban J connectivity index is 1.92. The maximum atomic E-state index is 11.4. The van der Waals surface area contributed by atoms with Crippen molar-refractivity contribution in [2.75, 3.05) is 7.11 Å². The van der Waals surface area contributed by atoms with Crippen LogP contribution in [-0.4, -0.2) is 22.2 Å². The second kappa shape index (κ2) is 7.54. The topological polar surface area (TPSA) is 55.2 Å². The van der Waals surface area contributed by atoms with E-state index < -0.39 is 6.10 Å². The van der Waals surface area contributed by atoms with Crippen molar-refractivity contribution >= 4 is 27.9 Å². The highest BCUT2D eigenvalue weighted by atomic mass is 16.5. The number of hydrogen-bond acceptors (Lipinski definition) is 4. The molecule has 0 radical (unpaired) electrons. The van der Waals surface area contributed by atoms with Crippen LogP contribution in [0.5, 0.6) is 5.75 Å². The van der Waals surface area contributed by atoms with E-state index in [0.717, 1.165) is 44.4 Å². The quantitative estimate of drug-likeness (QED) is 0.471. The molecule has 0 saturated heterocycles. The molecule has 0 amide bonds. The molecule has 1 N–H and O–H groups in total. The number of hydrogen-bond donors (Lipinski definition) is 1. The molecule has 4 nitrogen and oxygen atoms in total. The number of benzene rings is 2. The van der Waals surface area contributed by atoms with Gasteiger partial charge in [0.25, 0.3) is 0 Å². The van der Waals surface area contributed by atoms with Gasteiger partial charge in [0.15, 0.2) is 0 Å². The number of aromatic nitrogens is 2. The summed E-state index contributed by atoms with van der Waals surface area (Å²) < 4.78 is 5.41. The highest BCUT2D eigenvalue weighted by Gasteiger charge is 2.23. The Morgan fingerprint density at radius 2 is 1.73 bits per heavy atom. The van der Waals surface area contributed by atoms with E-state index in [1.54, 1.807) is 7.11 Å². The van der Waals surface area contributed by atoms with E-state index in [4.69, 9.17) is 14.7 Å². The van der Waals surface area contributed by atoms with Gasteiger partial charge in [0.1, 0.15) is 11.9 Å². The molecule has 4 rings (SSSR count). The third kappa shape index (κ3) is 3.55. The summed E-state index contributed by atoms with van der Waals surface area (Å²) >= 11 is 0. The minimum absolute atomic E-state index is 0.155. The van der Waals surface area contributed by atoms with Crippen LogP contribution in [0.4, 0.5) is 0 Å². The van der Waals surface area contributed by atoms with Gasteiger partial charge in [0, 0.05) is 21.9 Å². The molecule has 2 aromatic carbocycles. The number of aliphatic hydroxyl groups excluding tert-OH is 1. The Hall–Kier alpha value is -3.24. The summed E-state index contributed by atoms with van der Waals surface area (Å²) in [5, 5.41) is 13.3. The number of aliphatic hydroxyl groups is 1. The summed E-state index contributed by atoms with van der Waals surface area (Å²) in [5.41, 5.74) is 4.81. The average molecular weight is 399 g/mol. The van der Waals surface area contributed by atoms with Gasteiger partial charge in [-0.15, -0.1) is 0 Å². The third-order valence-corrected chi connectivity index (χ3v) is 5.40. The van der Waals surface area contributed by atoms with Crippen molar-refractivity contribution in [1.29, 1.82) is 0 Å². The number of ether oxygens (including phenoxy) is 1. The van der Waals surface area contributed by atoms with Crippen molar-refractivity contribution in [3.05, 3.63) is 83.7 Å². The monoisotopic (exact) mass is 398 g/mol. The van der Waals surface area contributed by atoms with Gasteiger partial charge in [-0.05, 0) is 47.5 Å². The average Bonchev–Trinajstić information content (AvgIpc) is 2.75. The van der Waals surface area contributed by atoms with E-state index in [9.17, 15) is 5.11 Å². The number of pyridine rings is 2. The van der Waals surface area contributed by atoms with Crippen LogP contribution >= 0.6 is 0 Å². The first-order valence-electron chi connectivity index (χ1n) is 10.0. The van der Waals surface area contributed by atoms with Crippen LogP contribution in [0.25, 0.3) is 27.9 Å². The van der Waals surface area contributed by atoms with Crippen LogP contribution in [0, 0.1) is 0 Å². The molecule has 0 fully saturated rings. The zero-order valence-electron chi connectivity index (χ0n) is 17.8. The standard InChI is InChI=1S/C26H26N2O2/c1-6-16-8-7-9-21-18(16)11-13-23(27-21)25(29)20-15-24(26(2,3)4)28-22-12-10-17(30-5)14-19(20)22/h6-15,25,29H,1H2,2-5H3/t25-/m1/s1. The molecule has 152 valence electrons. The fourth-order valence-electron chi connectivity index (χ4n) is 3.65. The molecule has 4 heteroatoms. The molecule has 4 aromatic rings. The van der Waals surface area contributed by atoms with Crippen molar-refractivity contribution < 1.29 is 9.84 Å². The van der Waals surface area contributed by atoms with Crippen molar-refractivity contribution in [2.24, 2.45) is 0 Å². The van der Waals surface area contributed by atoms with Gasteiger partial charge in [-0.3, -0.25) is 4.98 Å². The fourth-order valence-corrected chi connectivity index (χ4v) is 3.65. The third-order valence-electron chi connectivity index (χ3n) is 5.40. The molecule has 2 heterocycles. The maximum absolute atomic E-state index is 11.4. The molecular weight excluding hydrogens is 372 g/mol. The Kier molecular flexibility index (Phi) is 5.04. The number of nitrogens with zero attached hydrogens (tertiary/aromatic N) is 2. The molecule has 0 spiro atoms. The molecule has 2 aromatic heterocycles. The van der Waals surface area contributed by atoms with Crippen molar-refractivity contribution in [3.8, 4) is 5.75 Å². The maximum Gasteiger partial charge on any atom is 0.122 e. The second-order valence-electron chi connectivity index (χ2n) is 8.49. The van der Waals surface area contributed by atoms with Crippen LogP contribution in [0.3, 0.4) is 0 Å². The molecular formula is C26H26N2O2. The zero-order chi connectivity index (χ0) is 21.5. The number of rotatable bonds is 4. The van der Waals surface area contributed by atoms with Gasteiger partial charge in [-0.25, -0.2) is 4.98 Å². The molecule has 0 aliphatic carbocycles. The molecule has 0 unspecified atom stereocenters. The predicted octanol–water partition coefficient (Wildman–Crippen LogP) is 5.81. The van der Waals surface area contributed by atoms with Crippen LogP contribution in [0.1, 0.15) is 49.4 Å². The van der Waals surface area contributed by atoms with Crippen LogP contribution < -0.4 is 4.74 Å². The Labute approximate surface area is 176 Å². The lowest BCUT2D eigenvalue weighted by Gasteiger charge is -2.22. The first-order valence-corrected chi connectivity index (χ1v) is 10.0. The van der Waals surface area contributed by atoms with E-state index >= 15 is 0 Å². The minimum Gasteiger partial charge on any atom is -0.497 e. The van der Waals surface area contributed by atoms with Crippen LogP contribution in [-0.2, 0) is 5.41 Å². The number of methoxy groups -OCH3 is 1. The summed E-state index contributed by atoms with van der Waals surface area (Å²) in [6.07, 6.45) is 0.929. The largest absolute Gasteiger partial charge is 0.497 e. The van der Waals surface area contributed by atoms with Gasteiger partial charge in [-0.1, -0.05) is 51.6 Å². The van der Waals surface area contributed by atoms with E-state index in [1.165, 1.54) is 0 Å². The summed E-state index contributed by atoms with van der Waals surface area (Å²) in [6, 6.07) is 17.5. The summed E-state index contributed by atoms with van der Waals surface area (Å²) in [5.74, 6) is 0.725. The molecule has 0 saturated carbocycles. The highest BCUT2D eigenvalue weighted by Crippen LogP contribution is 2.34. The van der Waals surface area contributed by atoms with E-state index in [0.29, 0.717) is 5.69 Å². The fraction of sp³-hybridized carbons (Fsp3) is 0.231. The lowest BCUT2D eigenvalue weighted by Crippen LogP contribution is -2.15. The van der Waals surface area contributed by atoms with Crippen molar-refractivity contribution in [2.45, 2.75) is 32.3 Å². The van der Waals surface area contributed by atoms with Gasteiger partial charge in [0.05, 0.1) is 23.8 Å². The smallest absolute Gasteiger partial charge is 0.122 e. The van der Waals surface area contributed by atoms with Gasteiger partial charge in [-0.2, -0.15) is 0 Å². The minimum atomic E-state index is -0.888. The van der Waals surface area contributed by atoms with Crippen LogP contribution in [0.2, 0.25) is 0 Å². The van der Waals surface area contributed by atoms with Crippen molar-refractivity contribution in [3.63, 3.8) is 0 Å². The lowest BCUT2D eigenvalue weighted by molar-refractivity contribution is 0.217. The zero-order valence-corrected chi connectivity index (χ0v) is 17.8. The van der Waals surface area contributed by atoms with Gasteiger partial charge < -0.3 is 9.84 Å². The van der Waals surface area contributed by atoms with Crippen LogP contribution in [0.15, 0.2) is 61.2 Å². The molecule has 0 aliphatic rings. The molecule has 30 heavy (non-hydrogen) atoms. The Morgan fingerprint density at radius 3 is 2.43 bits per heavy atom. The Bertz CT molecular complexity index is 1260. The summed E-state index contributed by atoms with van der Waals surface area (Å²) in [4.78, 5) is 9.59. The molecule has 0 aliphatic heterocycles. The van der Waals surface area contributed by atoms with E-state index in [-0.39, 0.29) is 5.41 Å². The SMILES string of the molecule is C=Cc1cccc2nc([C@H](O)c3cc(C(C)(C)C)nc4ccc(OC)cc34)ccc12. The molecule has 0 bridgehead atoms. The van der Waals surface area contributed by atoms with E-state index in [2.05, 4.69) is 27.4 Å². The summed E-state index contributed by atoms with van der Waals surface area (Å²) in [6.45, 7) is 10.2. The van der Waals surface area contributed by atoms with Crippen molar-refractivity contribution in [1.82, 2.24) is 9.97 Å². The van der Waals surface area contributed by atoms with Gasteiger partial charge >= 0.3 is 0 Å². The second-order valence-corrected chi connectivity index (χ2v) is 8.49.